The number of benzene rings is 3. The van der Waals surface area contributed by atoms with Gasteiger partial charge in [0.25, 0.3) is 5.91 Å². The molecule has 0 saturated heterocycles. The number of nitrogens with one attached hydrogen (secondary N) is 1. The molecule has 0 bridgehead atoms. The van der Waals surface area contributed by atoms with Crippen molar-refractivity contribution in [3.8, 4) is 5.75 Å². The molecule has 148 valence electrons. The lowest BCUT2D eigenvalue weighted by atomic mass is 10.1. The maximum absolute atomic E-state index is 12.4. The minimum Gasteiger partial charge on any atom is -0.379 e. The largest absolute Gasteiger partial charge is 0.379 e. The lowest BCUT2D eigenvalue weighted by molar-refractivity contribution is 0.0954. The molecule has 0 aliphatic heterocycles. The fourth-order valence-corrected chi connectivity index (χ4v) is 3.50. The molecular formula is C22H20N2O4S. The summed E-state index contributed by atoms with van der Waals surface area (Å²) < 4.78 is 30.0. The van der Waals surface area contributed by atoms with Crippen LogP contribution in [0.15, 0.2) is 82.8 Å². The zero-order valence-corrected chi connectivity index (χ0v) is 16.8. The van der Waals surface area contributed by atoms with Gasteiger partial charge in [-0.2, -0.15) is 13.5 Å². The number of hydrogen-bond donors (Lipinski definition) is 1. The van der Waals surface area contributed by atoms with E-state index in [-0.39, 0.29) is 16.6 Å². The highest BCUT2D eigenvalue weighted by Crippen LogP contribution is 2.19. The van der Waals surface area contributed by atoms with Gasteiger partial charge < -0.3 is 4.18 Å². The molecule has 0 spiro atoms. The molecule has 0 aromatic heterocycles. The fourth-order valence-electron chi connectivity index (χ4n) is 2.58. The van der Waals surface area contributed by atoms with Crippen molar-refractivity contribution >= 4 is 22.2 Å². The molecule has 0 atom stereocenters. The van der Waals surface area contributed by atoms with Gasteiger partial charge in [0.1, 0.15) is 10.6 Å². The van der Waals surface area contributed by atoms with Crippen LogP contribution in [0.1, 0.15) is 27.0 Å². The normalized spacial score (nSPS) is 11.4. The molecule has 0 aliphatic carbocycles. The van der Waals surface area contributed by atoms with Crippen molar-refractivity contribution in [2.24, 2.45) is 5.10 Å². The standard InChI is InChI=1S/C22H20N2O4S/c1-16-10-12-20(13-11-16)29(26,27)28-19-8-5-7-18(14-19)15-23-24-22(25)21-9-4-3-6-17(21)2/h3-15H,1-2H3,(H,24,25)/b23-15-. The van der Waals surface area contributed by atoms with Gasteiger partial charge in [-0.15, -0.1) is 0 Å². The van der Waals surface area contributed by atoms with Crippen LogP contribution in [0, 0.1) is 13.8 Å². The van der Waals surface area contributed by atoms with E-state index in [0.717, 1.165) is 11.1 Å². The summed E-state index contributed by atoms with van der Waals surface area (Å²) in [6.45, 7) is 3.71. The summed E-state index contributed by atoms with van der Waals surface area (Å²) in [5, 5.41) is 3.93. The Bertz CT molecular complexity index is 1150. The Morgan fingerprint density at radius 3 is 2.41 bits per heavy atom. The fraction of sp³-hybridized carbons (Fsp3) is 0.0909. The monoisotopic (exact) mass is 408 g/mol. The second-order valence-electron chi connectivity index (χ2n) is 6.44. The average Bonchev–Trinajstić information content (AvgIpc) is 2.68. The van der Waals surface area contributed by atoms with E-state index in [9.17, 15) is 13.2 Å². The van der Waals surface area contributed by atoms with E-state index in [1.54, 1.807) is 36.4 Å². The SMILES string of the molecule is Cc1ccc(S(=O)(=O)Oc2cccc(/C=N\NC(=O)c3ccccc3C)c2)cc1. The third-order valence-corrected chi connectivity index (χ3v) is 5.40. The number of rotatable bonds is 6. The van der Waals surface area contributed by atoms with Crippen LogP contribution in [-0.4, -0.2) is 20.5 Å². The van der Waals surface area contributed by atoms with Crippen molar-refractivity contribution < 1.29 is 17.4 Å². The Morgan fingerprint density at radius 1 is 0.966 bits per heavy atom. The predicted octanol–water partition coefficient (Wildman–Crippen LogP) is 3.84. The number of nitrogens with zero attached hydrogens (tertiary/aromatic N) is 1. The van der Waals surface area contributed by atoms with Crippen LogP contribution in [0.3, 0.4) is 0 Å². The summed E-state index contributed by atoms with van der Waals surface area (Å²) in [7, 11) is -3.94. The van der Waals surface area contributed by atoms with Gasteiger partial charge in [-0.1, -0.05) is 48.0 Å². The summed E-state index contributed by atoms with van der Waals surface area (Å²) in [6.07, 6.45) is 1.42. The van der Waals surface area contributed by atoms with Crippen molar-refractivity contribution in [2.75, 3.05) is 0 Å². The summed E-state index contributed by atoms with van der Waals surface area (Å²) >= 11 is 0. The van der Waals surface area contributed by atoms with Gasteiger partial charge in [0.15, 0.2) is 0 Å². The maximum atomic E-state index is 12.4. The molecule has 0 saturated carbocycles. The second kappa shape index (κ2) is 8.70. The molecular weight excluding hydrogens is 388 g/mol. The van der Waals surface area contributed by atoms with Crippen LogP contribution in [0.4, 0.5) is 0 Å². The number of carbonyl (C=O) groups excluding carboxylic acids is 1. The molecule has 1 amide bonds. The minimum absolute atomic E-state index is 0.0765. The van der Waals surface area contributed by atoms with Crippen LogP contribution in [0.2, 0.25) is 0 Å². The van der Waals surface area contributed by atoms with Crippen molar-refractivity contribution in [2.45, 2.75) is 18.7 Å². The van der Waals surface area contributed by atoms with Gasteiger partial charge >= 0.3 is 10.1 Å². The third-order valence-electron chi connectivity index (χ3n) is 4.14. The Labute approximate surface area is 170 Å². The van der Waals surface area contributed by atoms with Gasteiger partial charge in [0.2, 0.25) is 0 Å². The van der Waals surface area contributed by atoms with E-state index < -0.39 is 10.1 Å². The summed E-state index contributed by atoms with van der Waals surface area (Å²) in [6, 6.07) is 20.0. The van der Waals surface area contributed by atoms with Gasteiger partial charge in [0, 0.05) is 5.56 Å². The Morgan fingerprint density at radius 2 is 1.69 bits per heavy atom. The van der Waals surface area contributed by atoms with E-state index in [2.05, 4.69) is 10.5 Å². The Balaban J connectivity index is 1.69. The number of hydrazone groups is 1. The zero-order chi connectivity index (χ0) is 20.9. The zero-order valence-electron chi connectivity index (χ0n) is 16.0. The smallest absolute Gasteiger partial charge is 0.339 e. The second-order valence-corrected chi connectivity index (χ2v) is 7.98. The van der Waals surface area contributed by atoms with Crippen LogP contribution in [-0.2, 0) is 10.1 Å². The minimum atomic E-state index is -3.94. The van der Waals surface area contributed by atoms with Crippen LogP contribution in [0.5, 0.6) is 5.75 Å². The van der Waals surface area contributed by atoms with Crippen molar-refractivity contribution in [3.63, 3.8) is 0 Å². The quantitative estimate of drug-likeness (QED) is 0.382. The van der Waals surface area contributed by atoms with Crippen molar-refractivity contribution in [3.05, 3.63) is 95.1 Å². The number of hydrogen-bond acceptors (Lipinski definition) is 5. The number of amides is 1. The van der Waals surface area contributed by atoms with Crippen LogP contribution < -0.4 is 9.61 Å². The van der Waals surface area contributed by atoms with Gasteiger partial charge in [-0.25, -0.2) is 5.43 Å². The lowest BCUT2D eigenvalue weighted by Crippen LogP contribution is -2.18. The molecule has 0 aliphatic rings. The summed E-state index contributed by atoms with van der Waals surface area (Å²) in [5.74, 6) is -0.173. The molecule has 0 heterocycles. The van der Waals surface area contributed by atoms with E-state index in [4.69, 9.17) is 4.18 Å². The first kappa shape index (κ1) is 20.3. The van der Waals surface area contributed by atoms with E-state index in [1.165, 1.54) is 30.5 Å². The highest BCUT2D eigenvalue weighted by Gasteiger charge is 2.16. The molecule has 6 nitrogen and oxygen atoms in total. The molecule has 3 aromatic carbocycles. The molecule has 0 fully saturated rings. The molecule has 29 heavy (non-hydrogen) atoms. The molecule has 3 aromatic rings. The first-order valence-electron chi connectivity index (χ1n) is 8.85. The molecule has 3 rings (SSSR count). The van der Waals surface area contributed by atoms with Gasteiger partial charge in [-0.05, 0) is 55.3 Å². The maximum Gasteiger partial charge on any atom is 0.339 e. The average molecular weight is 408 g/mol. The predicted molar refractivity (Wildman–Crippen MR) is 112 cm³/mol. The van der Waals surface area contributed by atoms with Crippen LogP contribution >= 0.6 is 0 Å². The van der Waals surface area contributed by atoms with Crippen LogP contribution in [0.25, 0.3) is 0 Å². The number of carbonyl (C=O) groups is 1. The lowest BCUT2D eigenvalue weighted by Gasteiger charge is -2.08. The summed E-state index contributed by atoms with van der Waals surface area (Å²) in [4.78, 5) is 12.2. The molecule has 1 N–H and O–H groups in total. The van der Waals surface area contributed by atoms with E-state index in [1.807, 2.05) is 26.0 Å². The van der Waals surface area contributed by atoms with Gasteiger partial charge in [0.05, 0.1) is 6.21 Å². The number of aryl methyl sites for hydroxylation is 2. The van der Waals surface area contributed by atoms with E-state index in [0.29, 0.717) is 11.1 Å². The summed E-state index contributed by atoms with van der Waals surface area (Å²) in [5.41, 5.74) is 5.37. The highest BCUT2D eigenvalue weighted by atomic mass is 32.2. The van der Waals surface area contributed by atoms with Crippen molar-refractivity contribution in [1.29, 1.82) is 0 Å². The first-order chi connectivity index (χ1) is 13.8. The first-order valence-corrected chi connectivity index (χ1v) is 10.3. The van der Waals surface area contributed by atoms with Gasteiger partial charge in [-0.3, -0.25) is 4.79 Å². The van der Waals surface area contributed by atoms with Crippen molar-refractivity contribution in [1.82, 2.24) is 5.43 Å². The Kier molecular flexibility index (Phi) is 6.09. The molecule has 0 radical (unpaired) electrons. The highest BCUT2D eigenvalue weighted by molar-refractivity contribution is 7.87. The molecule has 7 heteroatoms. The molecule has 0 unspecified atom stereocenters. The topological polar surface area (TPSA) is 84.8 Å². The van der Waals surface area contributed by atoms with E-state index >= 15 is 0 Å². The Hall–Kier alpha value is -3.45. The third kappa shape index (κ3) is 5.30.